The van der Waals surface area contributed by atoms with E-state index in [1.807, 2.05) is 49.4 Å². The van der Waals surface area contributed by atoms with Crippen LogP contribution in [0.5, 0.6) is 11.5 Å². The average Bonchev–Trinajstić information content (AvgIpc) is 3.40. The molecule has 2 fully saturated rings. The number of allylic oxidation sites excluding steroid dienone is 2. The molecule has 2 amide bonds. The topological polar surface area (TPSA) is 46.6 Å². The number of carbonyl (C=O) groups is 2. The lowest BCUT2D eigenvalue weighted by Crippen LogP contribution is -2.37. The SMILES string of the molecule is C[C@]12C(=O)N(c3ccc(Oc4ccc5ccccc5c4)cc3)C(=O)[C@H]1[C@H]1C=C[C@H]2C1. The number of hydrogen-bond acceptors (Lipinski definition) is 3. The van der Waals surface area contributed by atoms with Crippen LogP contribution in [0.15, 0.2) is 78.9 Å². The van der Waals surface area contributed by atoms with Crippen LogP contribution in [0.4, 0.5) is 5.69 Å². The van der Waals surface area contributed by atoms with Gasteiger partial charge in [-0.05, 0) is 72.4 Å². The highest BCUT2D eigenvalue weighted by atomic mass is 16.5. The van der Waals surface area contributed by atoms with Gasteiger partial charge in [0.15, 0.2) is 0 Å². The number of anilines is 1. The molecule has 0 N–H and O–H groups in total. The van der Waals surface area contributed by atoms with Crippen molar-refractivity contribution in [1.82, 2.24) is 0 Å². The highest BCUT2D eigenvalue weighted by Crippen LogP contribution is 2.60. The maximum atomic E-state index is 13.2. The lowest BCUT2D eigenvalue weighted by atomic mass is 9.71. The zero-order valence-electron chi connectivity index (χ0n) is 16.6. The number of rotatable bonds is 3. The highest BCUT2D eigenvalue weighted by Gasteiger charge is 2.67. The lowest BCUT2D eigenvalue weighted by molar-refractivity contribution is -0.127. The molecular weight excluding hydrogens is 374 g/mol. The van der Waals surface area contributed by atoms with E-state index >= 15 is 0 Å². The Hall–Kier alpha value is -3.40. The molecule has 1 heterocycles. The van der Waals surface area contributed by atoms with Crippen molar-refractivity contribution >= 4 is 28.3 Å². The molecule has 1 aliphatic heterocycles. The molecule has 2 bridgehead atoms. The number of nitrogens with zero attached hydrogens (tertiary/aromatic N) is 1. The van der Waals surface area contributed by atoms with Crippen LogP contribution in [0.2, 0.25) is 0 Å². The zero-order valence-corrected chi connectivity index (χ0v) is 16.6. The van der Waals surface area contributed by atoms with Crippen molar-refractivity contribution in [3.63, 3.8) is 0 Å². The van der Waals surface area contributed by atoms with Crippen molar-refractivity contribution in [1.29, 1.82) is 0 Å². The largest absolute Gasteiger partial charge is 0.457 e. The van der Waals surface area contributed by atoms with E-state index in [4.69, 9.17) is 4.74 Å². The minimum atomic E-state index is -0.600. The highest BCUT2D eigenvalue weighted by molar-refractivity contribution is 6.24. The predicted molar refractivity (Wildman–Crippen MR) is 115 cm³/mol. The Morgan fingerprint density at radius 1 is 0.900 bits per heavy atom. The second-order valence-corrected chi connectivity index (χ2v) is 8.74. The molecule has 3 aliphatic rings. The Balaban J connectivity index is 1.26. The first-order valence-electron chi connectivity index (χ1n) is 10.4. The second-order valence-electron chi connectivity index (χ2n) is 8.74. The molecule has 4 atom stereocenters. The molecule has 148 valence electrons. The minimum Gasteiger partial charge on any atom is -0.457 e. The summed E-state index contributed by atoms with van der Waals surface area (Å²) in [5.74, 6) is 1.41. The third-order valence-electron chi connectivity index (χ3n) is 7.16. The first-order valence-corrected chi connectivity index (χ1v) is 10.4. The quantitative estimate of drug-likeness (QED) is 0.445. The Labute approximate surface area is 174 Å². The summed E-state index contributed by atoms with van der Waals surface area (Å²) < 4.78 is 6.00. The van der Waals surface area contributed by atoms with Crippen LogP contribution in [0, 0.1) is 23.2 Å². The number of ether oxygens (including phenoxy) is 1. The van der Waals surface area contributed by atoms with Crippen molar-refractivity contribution in [3.8, 4) is 11.5 Å². The normalized spacial score (nSPS) is 29.1. The van der Waals surface area contributed by atoms with Gasteiger partial charge in [-0.2, -0.15) is 0 Å². The number of benzene rings is 3. The fraction of sp³-hybridized carbons (Fsp3) is 0.231. The first-order chi connectivity index (χ1) is 14.6. The number of imide groups is 1. The van der Waals surface area contributed by atoms with Gasteiger partial charge in [0.25, 0.3) is 0 Å². The summed E-state index contributed by atoms with van der Waals surface area (Å²) in [4.78, 5) is 27.8. The van der Waals surface area contributed by atoms with Crippen LogP contribution in [0.3, 0.4) is 0 Å². The van der Waals surface area contributed by atoms with E-state index in [2.05, 4.69) is 24.3 Å². The molecule has 1 saturated carbocycles. The molecule has 0 radical (unpaired) electrons. The second kappa shape index (κ2) is 6.05. The third kappa shape index (κ3) is 2.28. The molecule has 4 heteroatoms. The molecule has 6 rings (SSSR count). The monoisotopic (exact) mass is 395 g/mol. The van der Waals surface area contributed by atoms with Crippen molar-refractivity contribution in [2.75, 3.05) is 4.90 Å². The molecule has 1 saturated heterocycles. The molecule has 0 unspecified atom stereocenters. The number of carbonyl (C=O) groups excluding carboxylic acids is 2. The number of hydrogen-bond donors (Lipinski definition) is 0. The van der Waals surface area contributed by atoms with Crippen LogP contribution in [0.25, 0.3) is 10.8 Å². The van der Waals surface area contributed by atoms with E-state index in [0.717, 1.165) is 22.9 Å². The molecular formula is C26H21NO3. The summed E-state index contributed by atoms with van der Waals surface area (Å²) >= 11 is 0. The molecule has 3 aromatic carbocycles. The number of fused-ring (bicyclic) bond motifs is 6. The standard InChI is InChI=1S/C26H21NO3/c1-26-19-8-6-18(14-19)23(26)24(28)27(25(26)29)20-9-12-21(13-10-20)30-22-11-7-16-4-2-3-5-17(16)15-22/h2-13,15,18-19,23H,14H2,1H3/t18-,19-,23+,26+/m0/s1. The summed E-state index contributed by atoms with van der Waals surface area (Å²) in [6.45, 7) is 1.96. The summed E-state index contributed by atoms with van der Waals surface area (Å²) in [5, 5.41) is 2.27. The number of amides is 2. The van der Waals surface area contributed by atoms with Crippen LogP contribution in [0.1, 0.15) is 13.3 Å². The lowest BCUT2D eigenvalue weighted by Gasteiger charge is -2.28. The summed E-state index contributed by atoms with van der Waals surface area (Å²) in [6, 6.07) is 21.3. The fourth-order valence-electron chi connectivity index (χ4n) is 5.58. The molecule has 30 heavy (non-hydrogen) atoms. The van der Waals surface area contributed by atoms with E-state index in [0.29, 0.717) is 11.4 Å². The van der Waals surface area contributed by atoms with Gasteiger partial charge in [-0.15, -0.1) is 0 Å². The van der Waals surface area contributed by atoms with E-state index in [-0.39, 0.29) is 29.6 Å². The van der Waals surface area contributed by atoms with Crippen molar-refractivity contribution in [2.24, 2.45) is 23.2 Å². The molecule has 0 spiro atoms. The van der Waals surface area contributed by atoms with Gasteiger partial charge in [0.2, 0.25) is 11.8 Å². The maximum Gasteiger partial charge on any atom is 0.241 e. The molecule has 2 aliphatic carbocycles. The van der Waals surface area contributed by atoms with E-state index in [1.165, 1.54) is 4.90 Å². The van der Waals surface area contributed by atoms with Gasteiger partial charge in [-0.25, -0.2) is 4.90 Å². The van der Waals surface area contributed by atoms with E-state index in [9.17, 15) is 9.59 Å². The van der Waals surface area contributed by atoms with Gasteiger partial charge in [0.1, 0.15) is 11.5 Å². The van der Waals surface area contributed by atoms with Gasteiger partial charge in [-0.3, -0.25) is 9.59 Å². The van der Waals surface area contributed by atoms with Crippen LogP contribution >= 0.6 is 0 Å². The van der Waals surface area contributed by atoms with Crippen LogP contribution in [-0.2, 0) is 9.59 Å². The van der Waals surface area contributed by atoms with Crippen molar-refractivity contribution < 1.29 is 14.3 Å². The van der Waals surface area contributed by atoms with Gasteiger partial charge in [-0.1, -0.05) is 42.5 Å². The van der Waals surface area contributed by atoms with Gasteiger partial charge in [0, 0.05) is 0 Å². The molecule has 3 aromatic rings. The fourth-order valence-corrected chi connectivity index (χ4v) is 5.58. The smallest absolute Gasteiger partial charge is 0.241 e. The van der Waals surface area contributed by atoms with Gasteiger partial charge in [0.05, 0.1) is 17.0 Å². The Morgan fingerprint density at radius 2 is 1.63 bits per heavy atom. The third-order valence-corrected chi connectivity index (χ3v) is 7.16. The Bertz CT molecular complexity index is 1230. The zero-order chi connectivity index (χ0) is 20.5. The van der Waals surface area contributed by atoms with Gasteiger partial charge < -0.3 is 4.74 Å². The van der Waals surface area contributed by atoms with E-state index < -0.39 is 5.41 Å². The molecule has 4 nitrogen and oxygen atoms in total. The first kappa shape index (κ1) is 17.5. The van der Waals surface area contributed by atoms with Crippen LogP contribution < -0.4 is 9.64 Å². The Kier molecular flexibility index (Phi) is 3.52. The summed E-state index contributed by atoms with van der Waals surface area (Å²) in [7, 11) is 0. The van der Waals surface area contributed by atoms with E-state index in [1.54, 1.807) is 12.1 Å². The van der Waals surface area contributed by atoms with Crippen molar-refractivity contribution in [3.05, 3.63) is 78.9 Å². The average molecular weight is 395 g/mol. The minimum absolute atomic E-state index is 0.0671. The maximum absolute atomic E-state index is 13.2. The van der Waals surface area contributed by atoms with Gasteiger partial charge >= 0.3 is 0 Å². The predicted octanol–water partition coefficient (Wildman–Crippen LogP) is 5.33. The van der Waals surface area contributed by atoms with Crippen LogP contribution in [-0.4, -0.2) is 11.8 Å². The summed E-state index contributed by atoms with van der Waals surface area (Å²) in [5.41, 5.74) is 0.0161. The van der Waals surface area contributed by atoms with Crippen molar-refractivity contribution in [2.45, 2.75) is 13.3 Å². The Morgan fingerprint density at radius 3 is 2.40 bits per heavy atom. The summed E-state index contributed by atoms with van der Waals surface area (Å²) in [6.07, 6.45) is 5.16. The molecule has 0 aromatic heterocycles.